The van der Waals surface area contributed by atoms with Crippen molar-refractivity contribution in [2.24, 2.45) is 5.92 Å². The van der Waals surface area contributed by atoms with E-state index in [1.54, 1.807) is 0 Å². The molecule has 2 N–H and O–H groups in total. The number of aromatic amines is 1. The molecule has 0 radical (unpaired) electrons. The molecule has 2 aliphatic rings. The molecule has 1 aromatic carbocycles. The number of anilines is 1. The molecule has 5 rings (SSSR count). The number of piperidine rings is 1. The lowest BCUT2D eigenvalue weighted by Crippen LogP contribution is -2.44. The Hall–Kier alpha value is -3.09. The summed E-state index contributed by atoms with van der Waals surface area (Å²) >= 11 is 0. The Morgan fingerprint density at radius 1 is 1.09 bits per heavy atom. The third-order valence-electron chi connectivity index (χ3n) is 6.79. The van der Waals surface area contributed by atoms with Crippen LogP contribution >= 0.6 is 0 Å². The number of carbonyl (C=O) groups is 1. The summed E-state index contributed by atoms with van der Waals surface area (Å²) < 4.78 is 0. The molecule has 7 heteroatoms. The van der Waals surface area contributed by atoms with Crippen LogP contribution in [0.25, 0.3) is 22.6 Å². The number of nitrogens with one attached hydrogen (secondary N) is 1. The van der Waals surface area contributed by atoms with Crippen molar-refractivity contribution in [3.05, 3.63) is 35.9 Å². The standard InChI is InChI=1S/C25H31N5O2/c1-16(2)18-8-5-9-19(22(18)31)23-26-20-10-11-21(27-24(20)28-23)30-14-6-7-17(15-30)25(32)29-12-3-4-13-29/h5,8-11,16-17,31H,3-4,6-7,12-15H2,1-2H3,(H,26,27,28). The number of benzene rings is 1. The quantitative estimate of drug-likeness (QED) is 0.641. The molecular weight excluding hydrogens is 402 g/mol. The first kappa shape index (κ1) is 20.8. The van der Waals surface area contributed by atoms with Gasteiger partial charge in [-0.1, -0.05) is 26.0 Å². The minimum atomic E-state index is 0.0485. The highest BCUT2D eigenvalue weighted by Crippen LogP contribution is 2.35. The smallest absolute Gasteiger partial charge is 0.227 e. The summed E-state index contributed by atoms with van der Waals surface area (Å²) in [5.74, 6) is 2.32. The third kappa shape index (κ3) is 3.80. The highest BCUT2D eigenvalue weighted by Gasteiger charge is 2.31. The Labute approximate surface area is 188 Å². The number of para-hydroxylation sites is 1. The van der Waals surface area contributed by atoms with Gasteiger partial charge in [-0.25, -0.2) is 9.97 Å². The van der Waals surface area contributed by atoms with Gasteiger partial charge in [0.2, 0.25) is 5.91 Å². The van der Waals surface area contributed by atoms with E-state index < -0.39 is 0 Å². The molecule has 168 valence electrons. The molecule has 2 fully saturated rings. The normalized spacial score (nSPS) is 19.3. The summed E-state index contributed by atoms with van der Waals surface area (Å²) in [7, 11) is 0. The monoisotopic (exact) mass is 433 g/mol. The highest BCUT2D eigenvalue weighted by atomic mass is 16.3. The summed E-state index contributed by atoms with van der Waals surface area (Å²) in [6, 6.07) is 9.71. The molecule has 0 spiro atoms. The number of aromatic nitrogens is 3. The van der Waals surface area contributed by atoms with Crippen molar-refractivity contribution < 1.29 is 9.90 Å². The molecule has 0 bridgehead atoms. The molecule has 2 saturated heterocycles. The first-order valence-corrected chi connectivity index (χ1v) is 11.7. The number of amides is 1. The number of fused-ring (bicyclic) bond motifs is 1. The topological polar surface area (TPSA) is 85.4 Å². The number of nitrogens with zero attached hydrogens (tertiary/aromatic N) is 4. The van der Waals surface area contributed by atoms with Crippen LogP contribution < -0.4 is 4.90 Å². The molecule has 3 aromatic rings. The van der Waals surface area contributed by atoms with Crippen LogP contribution in [0.4, 0.5) is 5.82 Å². The lowest BCUT2D eigenvalue weighted by atomic mass is 9.96. The van der Waals surface area contributed by atoms with Crippen LogP contribution in [0, 0.1) is 5.92 Å². The minimum Gasteiger partial charge on any atom is -0.507 e. The molecule has 7 nitrogen and oxygen atoms in total. The van der Waals surface area contributed by atoms with Crippen molar-refractivity contribution in [1.29, 1.82) is 0 Å². The second-order valence-corrected chi connectivity index (χ2v) is 9.34. The van der Waals surface area contributed by atoms with Crippen molar-refractivity contribution in [3.63, 3.8) is 0 Å². The number of phenols is 1. The number of likely N-dealkylation sites (tertiary alicyclic amines) is 1. The Morgan fingerprint density at radius 2 is 1.91 bits per heavy atom. The minimum absolute atomic E-state index is 0.0485. The molecule has 2 aromatic heterocycles. The second kappa shape index (κ2) is 8.45. The summed E-state index contributed by atoms with van der Waals surface area (Å²) in [4.78, 5) is 29.9. The maximum Gasteiger partial charge on any atom is 0.227 e. The van der Waals surface area contributed by atoms with Gasteiger partial charge in [0.05, 0.1) is 11.5 Å². The van der Waals surface area contributed by atoms with E-state index in [2.05, 4.69) is 28.7 Å². The zero-order valence-corrected chi connectivity index (χ0v) is 18.8. The van der Waals surface area contributed by atoms with Gasteiger partial charge in [-0.2, -0.15) is 0 Å². The van der Waals surface area contributed by atoms with Gasteiger partial charge in [0.15, 0.2) is 5.65 Å². The molecule has 32 heavy (non-hydrogen) atoms. The Morgan fingerprint density at radius 3 is 2.69 bits per heavy atom. The van der Waals surface area contributed by atoms with Crippen LogP contribution in [0.2, 0.25) is 0 Å². The Bertz CT molecular complexity index is 1130. The molecule has 1 atom stereocenters. The lowest BCUT2D eigenvalue weighted by molar-refractivity contribution is -0.134. The van der Waals surface area contributed by atoms with Crippen LogP contribution in [0.1, 0.15) is 51.0 Å². The van der Waals surface area contributed by atoms with Gasteiger partial charge in [-0.15, -0.1) is 0 Å². The molecule has 0 saturated carbocycles. The van der Waals surface area contributed by atoms with E-state index in [4.69, 9.17) is 4.98 Å². The highest BCUT2D eigenvalue weighted by molar-refractivity contribution is 5.81. The average Bonchev–Trinajstić information content (AvgIpc) is 3.48. The van der Waals surface area contributed by atoms with Crippen molar-refractivity contribution in [2.75, 3.05) is 31.1 Å². The number of rotatable bonds is 4. The maximum absolute atomic E-state index is 12.9. The zero-order chi connectivity index (χ0) is 22.2. The van der Waals surface area contributed by atoms with Crippen LogP contribution in [0.5, 0.6) is 5.75 Å². The predicted molar refractivity (Wildman–Crippen MR) is 126 cm³/mol. The predicted octanol–water partition coefficient (Wildman–Crippen LogP) is 4.29. The number of pyridine rings is 1. The summed E-state index contributed by atoms with van der Waals surface area (Å²) in [5, 5.41) is 10.7. The number of H-pyrrole nitrogens is 1. The SMILES string of the molecule is CC(C)c1cccc(-c2nc3ccc(N4CCCC(C(=O)N5CCCC5)C4)nc3[nH]2)c1O. The van der Waals surface area contributed by atoms with E-state index in [9.17, 15) is 9.90 Å². The van der Waals surface area contributed by atoms with E-state index in [0.717, 1.165) is 62.2 Å². The van der Waals surface area contributed by atoms with E-state index in [1.807, 2.05) is 35.2 Å². The molecule has 4 heterocycles. The number of imidazole rings is 1. The van der Waals surface area contributed by atoms with E-state index >= 15 is 0 Å². The Kier molecular flexibility index (Phi) is 5.49. The number of aromatic hydroxyl groups is 1. The lowest BCUT2D eigenvalue weighted by Gasteiger charge is -2.34. The summed E-state index contributed by atoms with van der Waals surface area (Å²) in [5.41, 5.74) is 3.04. The molecular formula is C25H31N5O2. The molecule has 2 aliphatic heterocycles. The maximum atomic E-state index is 12.9. The van der Waals surface area contributed by atoms with Gasteiger partial charge in [-0.3, -0.25) is 4.79 Å². The van der Waals surface area contributed by atoms with E-state index in [0.29, 0.717) is 29.5 Å². The first-order chi connectivity index (χ1) is 15.5. The largest absolute Gasteiger partial charge is 0.507 e. The number of phenolic OH excluding ortho intramolecular Hbond substituents is 1. The van der Waals surface area contributed by atoms with Crippen LogP contribution in [0.3, 0.4) is 0 Å². The summed E-state index contributed by atoms with van der Waals surface area (Å²) in [6.07, 6.45) is 4.19. The zero-order valence-electron chi connectivity index (χ0n) is 18.8. The van der Waals surface area contributed by atoms with Gasteiger partial charge in [0.1, 0.15) is 22.9 Å². The van der Waals surface area contributed by atoms with Crippen LogP contribution in [-0.2, 0) is 4.79 Å². The molecule has 1 amide bonds. The number of carbonyl (C=O) groups excluding carboxylic acids is 1. The average molecular weight is 434 g/mol. The Balaban J connectivity index is 1.40. The van der Waals surface area contributed by atoms with Gasteiger partial charge >= 0.3 is 0 Å². The fourth-order valence-corrected chi connectivity index (χ4v) is 4.99. The number of hydrogen-bond donors (Lipinski definition) is 2. The van der Waals surface area contributed by atoms with Crippen LogP contribution in [0.15, 0.2) is 30.3 Å². The van der Waals surface area contributed by atoms with Crippen molar-refractivity contribution in [2.45, 2.75) is 45.4 Å². The van der Waals surface area contributed by atoms with Crippen molar-refractivity contribution >= 4 is 22.9 Å². The number of hydrogen-bond acceptors (Lipinski definition) is 5. The second-order valence-electron chi connectivity index (χ2n) is 9.34. The summed E-state index contributed by atoms with van der Waals surface area (Å²) in [6.45, 7) is 7.55. The van der Waals surface area contributed by atoms with Crippen molar-refractivity contribution in [3.8, 4) is 17.1 Å². The molecule has 0 aliphatic carbocycles. The fourth-order valence-electron chi connectivity index (χ4n) is 4.99. The van der Waals surface area contributed by atoms with Gasteiger partial charge < -0.3 is 19.9 Å². The van der Waals surface area contributed by atoms with Crippen molar-refractivity contribution in [1.82, 2.24) is 19.9 Å². The van der Waals surface area contributed by atoms with Gasteiger partial charge in [0, 0.05) is 26.2 Å². The van der Waals surface area contributed by atoms with Gasteiger partial charge in [-0.05, 0) is 55.4 Å². The third-order valence-corrected chi connectivity index (χ3v) is 6.79. The molecule has 1 unspecified atom stereocenters. The van der Waals surface area contributed by atoms with E-state index in [-0.39, 0.29) is 17.6 Å². The van der Waals surface area contributed by atoms with E-state index in [1.165, 1.54) is 0 Å². The van der Waals surface area contributed by atoms with Gasteiger partial charge in [0.25, 0.3) is 0 Å². The first-order valence-electron chi connectivity index (χ1n) is 11.7. The fraction of sp³-hybridized carbons (Fsp3) is 0.480. The van der Waals surface area contributed by atoms with Crippen LogP contribution in [-0.4, -0.2) is 57.0 Å².